The smallest absolute Gasteiger partial charge is 0.367 e. The van der Waals surface area contributed by atoms with Crippen molar-refractivity contribution in [1.82, 2.24) is 4.98 Å². The van der Waals surface area contributed by atoms with E-state index in [4.69, 9.17) is 14.2 Å². The van der Waals surface area contributed by atoms with Crippen LogP contribution in [-0.2, 0) is 4.74 Å². The number of aromatic nitrogens is 1. The number of hydrogen-bond donors (Lipinski definition) is 0. The molecular weight excluding hydrogens is 278 g/mol. The highest BCUT2D eigenvalue weighted by atomic mass is 32.1. The predicted molar refractivity (Wildman–Crippen MR) is 74.5 cm³/mol. The van der Waals surface area contributed by atoms with Gasteiger partial charge in [-0.05, 0) is 25.1 Å². The van der Waals surface area contributed by atoms with Gasteiger partial charge in [-0.3, -0.25) is 0 Å². The maximum atomic E-state index is 11.6. The Balaban J connectivity index is 1.87. The van der Waals surface area contributed by atoms with Crippen LogP contribution in [0.25, 0.3) is 11.3 Å². The first-order valence-electron chi connectivity index (χ1n) is 6.30. The molecule has 2 aromatic rings. The average molecular weight is 291 g/mol. The van der Waals surface area contributed by atoms with E-state index in [1.165, 1.54) is 11.3 Å². The second-order valence-electron chi connectivity index (χ2n) is 4.12. The monoisotopic (exact) mass is 291 g/mol. The van der Waals surface area contributed by atoms with Crippen LogP contribution < -0.4 is 9.47 Å². The zero-order valence-corrected chi connectivity index (χ0v) is 11.7. The Labute approximate surface area is 120 Å². The fourth-order valence-corrected chi connectivity index (χ4v) is 2.61. The number of rotatable bonds is 3. The minimum atomic E-state index is -0.388. The van der Waals surface area contributed by atoms with E-state index < -0.39 is 0 Å². The summed E-state index contributed by atoms with van der Waals surface area (Å²) in [7, 11) is 0. The third-order valence-electron chi connectivity index (χ3n) is 2.79. The Morgan fingerprint density at radius 1 is 1.35 bits per heavy atom. The molecule has 2 heterocycles. The summed E-state index contributed by atoms with van der Waals surface area (Å²) >= 11 is 1.27. The quantitative estimate of drug-likeness (QED) is 0.814. The minimum absolute atomic E-state index is 0.345. The van der Waals surface area contributed by atoms with Gasteiger partial charge in [0.2, 0.25) is 5.01 Å². The Morgan fingerprint density at radius 2 is 2.15 bits per heavy atom. The van der Waals surface area contributed by atoms with Gasteiger partial charge in [0.25, 0.3) is 0 Å². The van der Waals surface area contributed by atoms with Gasteiger partial charge < -0.3 is 14.2 Å². The Morgan fingerprint density at radius 3 is 2.95 bits per heavy atom. The summed E-state index contributed by atoms with van der Waals surface area (Å²) in [6.45, 7) is 3.22. The molecule has 3 rings (SSSR count). The number of carbonyl (C=O) groups is 1. The van der Waals surface area contributed by atoms with Crippen LogP contribution in [0.5, 0.6) is 11.5 Å². The summed E-state index contributed by atoms with van der Waals surface area (Å²) in [4.78, 5) is 15.9. The van der Waals surface area contributed by atoms with Crippen LogP contribution in [0.2, 0.25) is 0 Å². The summed E-state index contributed by atoms with van der Waals surface area (Å²) in [6, 6.07) is 5.63. The molecule has 6 heteroatoms. The molecule has 0 radical (unpaired) electrons. The van der Waals surface area contributed by atoms with Crippen molar-refractivity contribution in [3.63, 3.8) is 0 Å². The van der Waals surface area contributed by atoms with E-state index in [1.54, 1.807) is 6.92 Å². The van der Waals surface area contributed by atoms with Crippen molar-refractivity contribution < 1.29 is 19.0 Å². The van der Waals surface area contributed by atoms with Gasteiger partial charge in [0.1, 0.15) is 13.2 Å². The highest BCUT2D eigenvalue weighted by Crippen LogP contribution is 2.34. The second-order valence-corrected chi connectivity index (χ2v) is 4.97. The van der Waals surface area contributed by atoms with Gasteiger partial charge >= 0.3 is 5.97 Å². The van der Waals surface area contributed by atoms with E-state index in [2.05, 4.69) is 4.98 Å². The highest BCUT2D eigenvalue weighted by molar-refractivity contribution is 7.11. The van der Waals surface area contributed by atoms with Crippen LogP contribution in [0.4, 0.5) is 0 Å². The number of benzene rings is 1. The van der Waals surface area contributed by atoms with Crippen molar-refractivity contribution in [2.45, 2.75) is 6.92 Å². The molecule has 20 heavy (non-hydrogen) atoms. The van der Waals surface area contributed by atoms with Crippen molar-refractivity contribution >= 4 is 17.3 Å². The molecule has 0 bridgehead atoms. The lowest BCUT2D eigenvalue weighted by Gasteiger charge is -2.18. The normalized spacial score (nSPS) is 13.1. The molecule has 0 spiro atoms. The van der Waals surface area contributed by atoms with E-state index in [1.807, 2.05) is 23.6 Å². The van der Waals surface area contributed by atoms with Gasteiger partial charge in [0.15, 0.2) is 11.5 Å². The Hall–Kier alpha value is -2.08. The number of thiazole rings is 1. The molecule has 0 aliphatic carbocycles. The largest absolute Gasteiger partial charge is 0.486 e. The first kappa shape index (κ1) is 12.9. The molecule has 0 fully saturated rings. The van der Waals surface area contributed by atoms with Crippen LogP contribution in [-0.4, -0.2) is 30.8 Å². The molecule has 0 unspecified atom stereocenters. The lowest BCUT2D eigenvalue weighted by molar-refractivity contribution is 0.0526. The van der Waals surface area contributed by atoms with E-state index in [0.717, 1.165) is 17.0 Å². The van der Waals surface area contributed by atoms with Gasteiger partial charge in [0.05, 0.1) is 12.3 Å². The number of nitrogens with zero attached hydrogens (tertiary/aromatic N) is 1. The lowest BCUT2D eigenvalue weighted by Crippen LogP contribution is -2.15. The van der Waals surface area contributed by atoms with Gasteiger partial charge in [-0.2, -0.15) is 0 Å². The minimum Gasteiger partial charge on any atom is -0.486 e. The zero-order valence-electron chi connectivity index (χ0n) is 10.9. The van der Waals surface area contributed by atoms with Gasteiger partial charge in [-0.15, -0.1) is 11.3 Å². The summed E-state index contributed by atoms with van der Waals surface area (Å²) in [5, 5.41) is 2.19. The first-order chi connectivity index (χ1) is 9.78. The summed E-state index contributed by atoms with van der Waals surface area (Å²) < 4.78 is 15.9. The maximum Gasteiger partial charge on any atom is 0.367 e. The molecule has 1 aliphatic rings. The summed E-state index contributed by atoms with van der Waals surface area (Å²) in [5.41, 5.74) is 1.62. The third-order valence-corrected chi connectivity index (χ3v) is 3.61. The van der Waals surface area contributed by atoms with E-state index in [0.29, 0.717) is 30.6 Å². The van der Waals surface area contributed by atoms with Gasteiger partial charge in [-0.1, -0.05) is 0 Å². The SMILES string of the molecule is CCOC(=O)c1nc(-c2ccc3c(c2)OCCO3)cs1. The predicted octanol–water partition coefficient (Wildman–Crippen LogP) is 2.76. The second kappa shape index (κ2) is 5.50. The topological polar surface area (TPSA) is 57.7 Å². The van der Waals surface area contributed by atoms with Crippen molar-refractivity contribution in [1.29, 1.82) is 0 Å². The van der Waals surface area contributed by atoms with Gasteiger partial charge in [-0.25, -0.2) is 9.78 Å². The molecule has 1 aliphatic heterocycles. The van der Waals surface area contributed by atoms with Gasteiger partial charge in [0, 0.05) is 10.9 Å². The maximum absolute atomic E-state index is 11.6. The number of ether oxygens (including phenoxy) is 3. The highest BCUT2D eigenvalue weighted by Gasteiger charge is 2.16. The van der Waals surface area contributed by atoms with Crippen molar-refractivity contribution in [2.75, 3.05) is 19.8 Å². The Bertz CT molecular complexity index is 638. The number of fused-ring (bicyclic) bond motifs is 1. The molecule has 0 atom stereocenters. The molecule has 0 amide bonds. The third kappa shape index (κ3) is 2.46. The van der Waals surface area contributed by atoms with E-state index in [9.17, 15) is 4.79 Å². The average Bonchev–Trinajstić information content (AvgIpc) is 2.97. The molecule has 0 saturated carbocycles. The molecule has 0 saturated heterocycles. The Kier molecular flexibility index (Phi) is 3.56. The van der Waals surface area contributed by atoms with Crippen molar-refractivity contribution in [2.24, 2.45) is 0 Å². The fourth-order valence-electron chi connectivity index (χ4n) is 1.90. The van der Waals surface area contributed by atoms with E-state index in [-0.39, 0.29) is 5.97 Å². The number of hydrogen-bond acceptors (Lipinski definition) is 6. The van der Waals surface area contributed by atoms with Crippen LogP contribution in [0.15, 0.2) is 23.6 Å². The molecular formula is C14H13NO4S. The fraction of sp³-hybridized carbons (Fsp3) is 0.286. The lowest BCUT2D eigenvalue weighted by atomic mass is 10.1. The van der Waals surface area contributed by atoms with Crippen molar-refractivity contribution in [3.8, 4) is 22.8 Å². The number of esters is 1. The molecule has 0 N–H and O–H groups in total. The first-order valence-corrected chi connectivity index (χ1v) is 7.18. The standard InChI is InChI=1S/C14H13NO4S/c1-2-17-14(16)13-15-10(8-20-13)9-3-4-11-12(7-9)19-6-5-18-11/h3-4,7-8H,2,5-6H2,1H3. The van der Waals surface area contributed by atoms with Crippen LogP contribution in [0.1, 0.15) is 16.7 Å². The van der Waals surface area contributed by atoms with Crippen LogP contribution in [0.3, 0.4) is 0 Å². The summed E-state index contributed by atoms with van der Waals surface area (Å²) in [5.74, 6) is 1.06. The van der Waals surface area contributed by atoms with Crippen LogP contribution in [0, 0.1) is 0 Å². The molecule has 1 aromatic carbocycles. The van der Waals surface area contributed by atoms with Crippen LogP contribution >= 0.6 is 11.3 Å². The zero-order chi connectivity index (χ0) is 13.9. The molecule has 104 valence electrons. The van der Waals surface area contributed by atoms with Crippen molar-refractivity contribution in [3.05, 3.63) is 28.6 Å². The molecule has 5 nitrogen and oxygen atoms in total. The van der Waals surface area contributed by atoms with E-state index >= 15 is 0 Å². The molecule has 1 aromatic heterocycles. The number of carbonyl (C=O) groups excluding carboxylic acids is 1. The summed E-state index contributed by atoms with van der Waals surface area (Å²) in [6.07, 6.45) is 0.